The third-order valence-corrected chi connectivity index (χ3v) is 4.45. The van der Waals surface area contributed by atoms with Crippen molar-refractivity contribution in [2.45, 2.75) is 97.4 Å². The van der Waals surface area contributed by atoms with Gasteiger partial charge < -0.3 is 31.6 Å². The molecule has 0 spiro atoms. The molecule has 0 aliphatic carbocycles. The minimum absolute atomic E-state index is 0.0809. The highest BCUT2D eigenvalue weighted by molar-refractivity contribution is 5.89. The Bertz CT molecular complexity index is 560. The maximum absolute atomic E-state index is 12.7. The van der Waals surface area contributed by atoms with Gasteiger partial charge in [-0.25, -0.2) is 0 Å². The Balaban J connectivity index is 5.19. The number of nitrogens with one attached hydrogen (secondary N) is 2. The Morgan fingerprint density at radius 3 is 2.00 bits per heavy atom. The summed E-state index contributed by atoms with van der Waals surface area (Å²) in [5.74, 6) is -0.723. The van der Waals surface area contributed by atoms with Crippen LogP contribution in [0.25, 0.3) is 0 Å². The van der Waals surface area contributed by atoms with E-state index in [0.29, 0.717) is 25.7 Å². The molecular formula is C21H42N4O4. The van der Waals surface area contributed by atoms with Crippen LogP contribution in [0, 0.1) is 5.41 Å². The quantitative estimate of drug-likeness (QED) is 0.335. The lowest BCUT2D eigenvalue weighted by Crippen LogP contribution is -2.57. The summed E-state index contributed by atoms with van der Waals surface area (Å²) in [5.41, 5.74) is 9.89. The van der Waals surface area contributed by atoms with Crippen molar-refractivity contribution in [2.75, 3.05) is 13.2 Å². The Hall–Kier alpha value is -1.51. The number of ether oxygens (including phenoxy) is 1. The van der Waals surface area contributed by atoms with E-state index in [-0.39, 0.29) is 24.4 Å². The topological polar surface area (TPSA) is 137 Å². The zero-order valence-corrected chi connectivity index (χ0v) is 19.5. The molecule has 0 saturated heterocycles. The number of carbonyl (C=O) groups excluding carboxylic acids is 3. The molecule has 2 amide bonds. The van der Waals surface area contributed by atoms with Crippen molar-refractivity contribution >= 4 is 18.1 Å². The van der Waals surface area contributed by atoms with Crippen molar-refractivity contribution in [1.29, 1.82) is 0 Å². The average molecular weight is 415 g/mol. The molecular weight excluding hydrogens is 372 g/mol. The maximum Gasteiger partial charge on any atom is 0.243 e. The van der Waals surface area contributed by atoms with Crippen LogP contribution in [0.15, 0.2) is 0 Å². The van der Waals surface area contributed by atoms with Crippen LogP contribution in [0.2, 0.25) is 0 Å². The third kappa shape index (κ3) is 12.6. The van der Waals surface area contributed by atoms with E-state index in [4.69, 9.17) is 16.2 Å². The molecule has 170 valence electrons. The van der Waals surface area contributed by atoms with Crippen molar-refractivity contribution in [3.63, 3.8) is 0 Å². The van der Waals surface area contributed by atoms with E-state index in [9.17, 15) is 14.4 Å². The Morgan fingerprint density at radius 1 is 1.00 bits per heavy atom. The molecule has 0 aromatic rings. The van der Waals surface area contributed by atoms with Gasteiger partial charge in [0.05, 0.1) is 18.6 Å². The molecule has 0 rings (SSSR count). The summed E-state index contributed by atoms with van der Waals surface area (Å²) in [6.07, 6.45) is 1.84. The van der Waals surface area contributed by atoms with Crippen LogP contribution < -0.4 is 22.1 Å². The zero-order chi connectivity index (χ0) is 23.1. The summed E-state index contributed by atoms with van der Waals surface area (Å²) < 4.78 is 5.84. The first-order chi connectivity index (χ1) is 12.9. The molecule has 0 fully saturated rings. The van der Waals surface area contributed by atoms with E-state index < -0.39 is 28.5 Å². The van der Waals surface area contributed by atoms with Gasteiger partial charge in [-0.1, -0.05) is 13.8 Å². The first-order valence-electron chi connectivity index (χ1n) is 10.1. The van der Waals surface area contributed by atoms with Crippen LogP contribution in [-0.4, -0.2) is 54.0 Å². The van der Waals surface area contributed by atoms with Gasteiger partial charge in [0.2, 0.25) is 11.8 Å². The normalized spacial score (nSPS) is 14.3. The molecule has 0 radical (unpaired) electrons. The van der Waals surface area contributed by atoms with E-state index in [1.807, 2.05) is 55.4 Å². The van der Waals surface area contributed by atoms with Gasteiger partial charge in [0.25, 0.3) is 0 Å². The highest BCUT2D eigenvalue weighted by Crippen LogP contribution is 2.31. The second-order valence-electron chi connectivity index (χ2n) is 10.6. The fourth-order valence-electron chi connectivity index (χ4n) is 3.38. The minimum Gasteiger partial charge on any atom is -0.375 e. The van der Waals surface area contributed by atoms with E-state index in [0.717, 1.165) is 0 Å². The molecule has 6 N–H and O–H groups in total. The smallest absolute Gasteiger partial charge is 0.243 e. The van der Waals surface area contributed by atoms with Gasteiger partial charge >= 0.3 is 0 Å². The van der Waals surface area contributed by atoms with Crippen molar-refractivity contribution in [1.82, 2.24) is 10.6 Å². The van der Waals surface area contributed by atoms with Gasteiger partial charge in [0.15, 0.2) is 0 Å². The molecule has 0 bridgehead atoms. The number of nitrogens with two attached hydrogens (primary N) is 2. The first-order valence-corrected chi connectivity index (χ1v) is 10.1. The van der Waals surface area contributed by atoms with Crippen LogP contribution in [0.5, 0.6) is 0 Å². The van der Waals surface area contributed by atoms with Crippen molar-refractivity contribution in [2.24, 2.45) is 16.9 Å². The van der Waals surface area contributed by atoms with Crippen LogP contribution in [0.3, 0.4) is 0 Å². The van der Waals surface area contributed by atoms with E-state index in [1.165, 1.54) is 0 Å². The second-order valence-corrected chi connectivity index (χ2v) is 10.6. The predicted molar refractivity (Wildman–Crippen MR) is 115 cm³/mol. The highest BCUT2D eigenvalue weighted by Gasteiger charge is 2.40. The lowest BCUT2D eigenvalue weighted by atomic mass is 9.74. The Kier molecular flexibility index (Phi) is 9.95. The number of hydrogen-bond donors (Lipinski definition) is 4. The molecule has 1 atom stereocenters. The molecule has 8 nitrogen and oxygen atoms in total. The SMILES string of the molecule is CC(C)(N)CCOC(C)(C)CC(=O)NC(C(=O)NCC=O)C(C)(C)CC(C)(C)N. The van der Waals surface area contributed by atoms with E-state index in [2.05, 4.69) is 10.6 Å². The molecule has 1 unspecified atom stereocenters. The summed E-state index contributed by atoms with van der Waals surface area (Å²) in [6, 6.07) is -0.837. The van der Waals surface area contributed by atoms with E-state index in [1.54, 1.807) is 0 Å². The fraction of sp³-hybridized carbons (Fsp3) is 0.857. The summed E-state index contributed by atoms with van der Waals surface area (Å²) in [4.78, 5) is 36.0. The summed E-state index contributed by atoms with van der Waals surface area (Å²) in [5, 5.41) is 5.36. The van der Waals surface area contributed by atoms with Crippen molar-refractivity contribution < 1.29 is 19.1 Å². The maximum atomic E-state index is 12.7. The molecule has 0 aromatic heterocycles. The molecule has 0 saturated carbocycles. The molecule has 0 heterocycles. The summed E-state index contributed by atoms with van der Waals surface area (Å²) in [6.45, 7) is 15.3. The summed E-state index contributed by atoms with van der Waals surface area (Å²) in [7, 11) is 0. The zero-order valence-electron chi connectivity index (χ0n) is 19.5. The number of aldehydes is 1. The summed E-state index contributed by atoms with van der Waals surface area (Å²) >= 11 is 0. The van der Waals surface area contributed by atoms with Gasteiger partial charge in [-0.3, -0.25) is 9.59 Å². The third-order valence-electron chi connectivity index (χ3n) is 4.45. The lowest BCUT2D eigenvalue weighted by Gasteiger charge is -2.38. The standard InChI is InChI=1S/C21H42N4O4/c1-18(2,14-20(5,6)23)16(17(28)24-10-11-26)25-15(27)13-21(7,8)29-12-9-19(3,4)22/h11,16H,9-10,12-14,22-23H2,1-8H3,(H,24,28)(H,25,27). The molecule has 0 aliphatic rings. The second kappa shape index (κ2) is 10.5. The lowest BCUT2D eigenvalue weighted by molar-refractivity contribution is -0.135. The predicted octanol–water partition coefficient (Wildman–Crippen LogP) is 1.25. The Morgan fingerprint density at radius 2 is 1.55 bits per heavy atom. The van der Waals surface area contributed by atoms with Gasteiger partial charge in [0, 0.05) is 17.7 Å². The van der Waals surface area contributed by atoms with Crippen LogP contribution in [0.1, 0.15) is 74.7 Å². The minimum atomic E-state index is -0.837. The fourth-order valence-corrected chi connectivity index (χ4v) is 3.38. The van der Waals surface area contributed by atoms with Crippen LogP contribution in [-0.2, 0) is 19.1 Å². The van der Waals surface area contributed by atoms with Crippen molar-refractivity contribution in [3.05, 3.63) is 0 Å². The first kappa shape index (κ1) is 27.5. The van der Waals surface area contributed by atoms with Gasteiger partial charge in [-0.2, -0.15) is 0 Å². The average Bonchev–Trinajstić information content (AvgIpc) is 2.45. The van der Waals surface area contributed by atoms with E-state index >= 15 is 0 Å². The largest absolute Gasteiger partial charge is 0.375 e. The number of hydrogen-bond acceptors (Lipinski definition) is 6. The highest BCUT2D eigenvalue weighted by atomic mass is 16.5. The molecule has 0 aromatic carbocycles. The number of carbonyl (C=O) groups is 3. The van der Waals surface area contributed by atoms with Crippen LogP contribution in [0.4, 0.5) is 0 Å². The monoisotopic (exact) mass is 414 g/mol. The van der Waals surface area contributed by atoms with Crippen molar-refractivity contribution in [3.8, 4) is 0 Å². The van der Waals surface area contributed by atoms with Gasteiger partial charge in [-0.15, -0.1) is 0 Å². The molecule has 29 heavy (non-hydrogen) atoms. The molecule has 8 heteroatoms. The van der Waals surface area contributed by atoms with Gasteiger partial charge in [0.1, 0.15) is 12.3 Å². The molecule has 0 aliphatic heterocycles. The Labute approximate surface area is 175 Å². The van der Waals surface area contributed by atoms with Gasteiger partial charge in [-0.05, 0) is 59.8 Å². The number of amides is 2. The number of rotatable bonds is 13. The van der Waals surface area contributed by atoms with Crippen LogP contribution >= 0.6 is 0 Å².